The monoisotopic (exact) mass is 327 g/mol. The van der Waals surface area contributed by atoms with Gasteiger partial charge in [0.05, 0.1) is 18.8 Å². The molecule has 0 spiro atoms. The van der Waals surface area contributed by atoms with E-state index < -0.39 is 6.03 Å². The van der Waals surface area contributed by atoms with Gasteiger partial charge in [-0.05, 0) is 25.0 Å². The molecule has 1 aliphatic heterocycles. The van der Waals surface area contributed by atoms with E-state index >= 15 is 0 Å². The maximum absolute atomic E-state index is 11.8. The van der Waals surface area contributed by atoms with Crippen molar-refractivity contribution in [3.8, 4) is 0 Å². The first-order valence-corrected chi connectivity index (χ1v) is 8.12. The van der Waals surface area contributed by atoms with Crippen LogP contribution in [0.3, 0.4) is 0 Å². The summed E-state index contributed by atoms with van der Waals surface area (Å²) in [5.74, 6) is 0.843. The van der Waals surface area contributed by atoms with Gasteiger partial charge in [0.25, 0.3) is 0 Å². The van der Waals surface area contributed by atoms with Gasteiger partial charge >= 0.3 is 6.03 Å². The molecule has 1 aromatic carbocycles. The van der Waals surface area contributed by atoms with Crippen molar-refractivity contribution in [1.29, 1.82) is 0 Å². The second kappa shape index (κ2) is 7.63. The molecule has 0 bridgehead atoms. The maximum Gasteiger partial charge on any atom is 0.319 e. The lowest BCUT2D eigenvalue weighted by Gasteiger charge is -2.11. The molecular weight excluding hydrogens is 306 g/mol. The standard InChI is InChI=1S/C17H21N5O2/c23-16(11-19-17(24)21-13-6-2-1-3-7-13)18-10-14-12-22-9-5-4-8-15(22)20-14/h1-3,6-7,12H,4-5,8-11H2,(H,18,23)(H2,19,21,24). The molecule has 0 saturated heterocycles. The molecule has 0 aliphatic carbocycles. The fraction of sp³-hybridized carbons (Fsp3) is 0.353. The Morgan fingerprint density at radius 2 is 1.96 bits per heavy atom. The molecule has 7 nitrogen and oxygen atoms in total. The van der Waals surface area contributed by atoms with E-state index in [2.05, 4.69) is 25.5 Å². The summed E-state index contributed by atoms with van der Waals surface area (Å²) in [5, 5.41) is 7.96. The minimum absolute atomic E-state index is 0.0772. The molecule has 3 N–H and O–H groups in total. The zero-order chi connectivity index (χ0) is 16.8. The average Bonchev–Trinajstić information content (AvgIpc) is 3.02. The lowest BCUT2D eigenvalue weighted by atomic mass is 10.2. The Kier molecular flexibility index (Phi) is 5.10. The predicted octanol–water partition coefficient (Wildman–Crippen LogP) is 1.66. The van der Waals surface area contributed by atoms with Crippen molar-refractivity contribution < 1.29 is 9.59 Å². The molecule has 0 fully saturated rings. The third-order valence-corrected chi connectivity index (χ3v) is 3.87. The van der Waals surface area contributed by atoms with Gasteiger partial charge in [0.2, 0.25) is 5.91 Å². The lowest BCUT2D eigenvalue weighted by molar-refractivity contribution is -0.120. The summed E-state index contributed by atoms with van der Waals surface area (Å²) in [6.45, 7) is 1.30. The van der Waals surface area contributed by atoms with Gasteiger partial charge in [-0.25, -0.2) is 9.78 Å². The summed E-state index contributed by atoms with van der Waals surface area (Å²) in [4.78, 5) is 28.1. The first kappa shape index (κ1) is 16.0. The Morgan fingerprint density at radius 3 is 2.75 bits per heavy atom. The van der Waals surface area contributed by atoms with E-state index in [4.69, 9.17) is 0 Å². The SMILES string of the molecule is O=C(CNC(=O)Nc1ccccc1)NCc1cn2c(n1)CCCC2. The summed E-state index contributed by atoms with van der Waals surface area (Å²) >= 11 is 0. The number of nitrogens with one attached hydrogen (secondary N) is 3. The Morgan fingerprint density at radius 1 is 1.12 bits per heavy atom. The summed E-state index contributed by atoms with van der Waals surface area (Å²) in [5.41, 5.74) is 1.54. The highest BCUT2D eigenvalue weighted by atomic mass is 16.2. The van der Waals surface area contributed by atoms with Crippen molar-refractivity contribution in [3.05, 3.63) is 48.0 Å². The number of imidazole rings is 1. The van der Waals surface area contributed by atoms with Crippen LogP contribution in [-0.4, -0.2) is 28.0 Å². The molecule has 24 heavy (non-hydrogen) atoms. The van der Waals surface area contributed by atoms with Crippen LogP contribution in [0.2, 0.25) is 0 Å². The fourth-order valence-corrected chi connectivity index (χ4v) is 2.67. The van der Waals surface area contributed by atoms with Crippen LogP contribution >= 0.6 is 0 Å². The first-order chi connectivity index (χ1) is 11.7. The van der Waals surface area contributed by atoms with Crippen molar-refractivity contribution in [2.45, 2.75) is 32.4 Å². The van der Waals surface area contributed by atoms with Crippen molar-refractivity contribution in [3.63, 3.8) is 0 Å². The van der Waals surface area contributed by atoms with Gasteiger partial charge in [-0.15, -0.1) is 0 Å². The molecular formula is C17H21N5O2. The van der Waals surface area contributed by atoms with E-state index in [-0.39, 0.29) is 12.5 Å². The highest BCUT2D eigenvalue weighted by molar-refractivity contribution is 5.92. The van der Waals surface area contributed by atoms with Crippen LogP contribution in [-0.2, 0) is 24.3 Å². The van der Waals surface area contributed by atoms with Gasteiger partial charge in [0.1, 0.15) is 5.82 Å². The van der Waals surface area contributed by atoms with Crippen LogP contribution < -0.4 is 16.0 Å². The number of benzene rings is 1. The van der Waals surface area contributed by atoms with Crippen LogP contribution in [0.15, 0.2) is 36.5 Å². The molecule has 0 radical (unpaired) electrons. The normalized spacial score (nSPS) is 13.0. The van der Waals surface area contributed by atoms with E-state index in [9.17, 15) is 9.59 Å². The topological polar surface area (TPSA) is 88.0 Å². The summed E-state index contributed by atoms with van der Waals surface area (Å²) in [6, 6.07) is 8.67. The van der Waals surface area contributed by atoms with Gasteiger partial charge in [0.15, 0.2) is 0 Å². The largest absolute Gasteiger partial charge is 0.349 e. The number of amides is 3. The first-order valence-electron chi connectivity index (χ1n) is 8.12. The number of urea groups is 1. The van der Waals surface area contributed by atoms with Crippen molar-refractivity contribution >= 4 is 17.6 Å². The molecule has 126 valence electrons. The van der Waals surface area contributed by atoms with Crippen molar-refractivity contribution in [2.75, 3.05) is 11.9 Å². The maximum atomic E-state index is 11.8. The number of rotatable bonds is 5. The number of aryl methyl sites for hydroxylation is 2. The third-order valence-electron chi connectivity index (χ3n) is 3.87. The average molecular weight is 327 g/mol. The van der Waals surface area contributed by atoms with Crippen LogP contribution in [0.25, 0.3) is 0 Å². The molecule has 2 heterocycles. The molecule has 1 aromatic heterocycles. The molecule has 2 aromatic rings. The molecule has 0 saturated carbocycles. The smallest absolute Gasteiger partial charge is 0.319 e. The van der Waals surface area contributed by atoms with Crippen LogP contribution in [0.4, 0.5) is 10.5 Å². The van der Waals surface area contributed by atoms with Gasteiger partial charge in [0, 0.05) is 24.8 Å². The number of aromatic nitrogens is 2. The van der Waals surface area contributed by atoms with Crippen LogP contribution in [0, 0.1) is 0 Å². The quantitative estimate of drug-likeness (QED) is 0.780. The second-order valence-electron chi connectivity index (χ2n) is 5.75. The number of carbonyl (C=O) groups is 2. The minimum atomic E-state index is -0.409. The van der Waals surface area contributed by atoms with Crippen molar-refractivity contribution in [1.82, 2.24) is 20.2 Å². The number of hydrogen-bond donors (Lipinski definition) is 3. The van der Waals surface area contributed by atoms with Gasteiger partial charge in [-0.2, -0.15) is 0 Å². The Bertz CT molecular complexity index is 688. The van der Waals surface area contributed by atoms with E-state index in [1.165, 1.54) is 12.8 Å². The lowest BCUT2D eigenvalue weighted by Crippen LogP contribution is -2.38. The Labute approximate surface area is 140 Å². The highest BCUT2D eigenvalue weighted by Crippen LogP contribution is 2.14. The summed E-state index contributed by atoms with van der Waals surface area (Å²) in [7, 11) is 0. The van der Waals surface area contributed by atoms with Crippen molar-refractivity contribution in [2.24, 2.45) is 0 Å². The Hall–Kier alpha value is -2.83. The Balaban J connectivity index is 1.39. The highest BCUT2D eigenvalue weighted by Gasteiger charge is 2.12. The number of nitrogens with zero attached hydrogens (tertiary/aromatic N) is 2. The number of hydrogen-bond acceptors (Lipinski definition) is 3. The molecule has 0 atom stereocenters. The summed E-state index contributed by atoms with van der Waals surface area (Å²) < 4.78 is 2.15. The van der Waals surface area contributed by atoms with E-state index in [0.717, 1.165) is 24.5 Å². The zero-order valence-corrected chi connectivity index (χ0v) is 13.4. The molecule has 3 amide bonds. The van der Waals surface area contributed by atoms with Gasteiger partial charge < -0.3 is 20.5 Å². The fourth-order valence-electron chi connectivity index (χ4n) is 2.67. The summed E-state index contributed by atoms with van der Waals surface area (Å²) in [6.07, 6.45) is 5.33. The van der Waals surface area contributed by atoms with Crippen LogP contribution in [0.1, 0.15) is 24.4 Å². The minimum Gasteiger partial charge on any atom is -0.349 e. The number of carbonyl (C=O) groups excluding carboxylic acids is 2. The van der Waals surface area contributed by atoms with E-state index in [1.807, 2.05) is 24.4 Å². The molecule has 1 aliphatic rings. The van der Waals surface area contributed by atoms with Gasteiger partial charge in [-0.3, -0.25) is 4.79 Å². The number of fused-ring (bicyclic) bond motifs is 1. The van der Waals surface area contributed by atoms with Crippen LogP contribution in [0.5, 0.6) is 0 Å². The van der Waals surface area contributed by atoms with E-state index in [0.29, 0.717) is 12.2 Å². The molecule has 0 unspecified atom stereocenters. The zero-order valence-electron chi connectivity index (χ0n) is 13.4. The number of para-hydroxylation sites is 1. The third kappa shape index (κ3) is 4.34. The van der Waals surface area contributed by atoms with Gasteiger partial charge in [-0.1, -0.05) is 18.2 Å². The second-order valence-corrected chi connectivity index (χ2v) is 5.75. The van der Waals surface area contributed by atoms with E-state index in [1.54, 1.807) is 12.1 Å². The predicted molar refractivity (Wildman–Crippen MR) is 90.5 cm³/mol. The molecule has 3 rings (SSSR count). The number of anilines is 1. The molecule has 7 heteroatoms.